The molecular weight excluding hydrogens is 257 g/mol. The standard InChI is InChI=1S/C13H9F3OSi/c14-13(15,16)18-12-9-5-4-8-11(12)17-10-6-2-1-3-7-10/h1-9H. The van der Waals surface area contributed by atoms with E-state index in [2.05, 4.69) is 0 Å². The van der Waals surface area contributed by atoms with Gasteiger partial charge in [0.25, 0.3) is 0 Å². The third kappa shape index (κ3) is 3.63. The van der Waals surface area contributed by atoms with Crippen molar-refractivity contribution in [2.75, 3.05) is 0 Å². The normalized spacial score (nSPS) is 11.3. The van der Waals surface area contributed by atoms with Gasteiger partial charge in [-0.15, -0.1) is 0 Å². The number of hydrogen-bond acceptors (Lipinski definition) is 1. The van der Waals surface area contributed by atoms with E-state index in [1.54, 1.807) is 42.5 Å². The van der Waals surface area contributed by atoms with E-state index in [-0.39, 0.29) is 10.9 Å². The van der Waals surface area contributed by atoms with Crippen LogP contribution < -0.4 is 9.92 Å². The predicted octanol–water partition coefficient (Wildman–Crippen LogP) is 3.33. The molecule has 2 rings (SSSR count). The average Bonchev–Trinajstić information content (AvgIpc) is 2.31. The topological polar surface area (TPSA) is 9.23 Å². The van der Waals surface area contributed by atoms with Crippen molar-refractivity contribution in [2.45, 2.75) is 5.80 Å². The quantitative estimate of drug-likeness (QED) is 0.774. The predicted molar refractivity (Wildman–Crippen MR) is 64.4 cm³/mol. The number of halogens is 3. The van der Waals surface area contributed by atoms with Gasteiger partial charge in [-0.25, -0.2) is 0 Å². The minimum absolute atomic E-state index is 0.161. The van der Waals surface area contributed by atoms with Gasteiger partial charge in [-0.05, 0) is 23.4 Å². The summed E-state index contributed by atoms with van der Waals surface area (Å²) in [6.07, 6.45) is 0. The minimum atomic E-state index is -4.21. The van der Waals surface area contributed by atoms with Crippen molar-refractivity contribution in [3.63, 3.8) is 0 Å². The Kier molecular flexibility index (Phi) is 3.71. The first-order valence-electron chi connectivity index (χ1n) is 5.21. The molecule has 2 aromatic rings. The molecule has 2 aromatic carbocycles. The Morgan fingerprint density at radius 1 is 0.833 bits per heavy atom. The summed E-state index contributed by atoms with van der Waals surface area (Å²) in [6.45, 7) is 0. The van der Waals surface area contributed by atoms with Crippen molar-refractivity contribution in [1.29, 1.82) is 0 Å². The van der Waals surface area contributed by atoms with Crippen molar-refractivity contribution in [3.05, 3.63) is 54.6 Å². The smallest absolute Gasteiger partial charge is 0.362 e. The fourth-order valence-electron chi connectivity index (χ4n) is 1.43. The van der Waals surface area contributed by atoms with E-state index in [9.17, 15) is 13.2 Å². The lowest BCUT2D eigenvalue weighted by Gasteiger charge is -2.11. The van der Waals surface area contributed by atoms with E-state index >= 15 is 0 Å². The van der Waals surface area contributed by atoms with Crippen LogP contribution in [-0.4, -0.2) is 15.3 Å². The van der Waals surface area contributed by atoms with E-state index in [1.807, 2.05) is 6.07 Å². The molecule has 0 bridgehead atoms. The van der Waals surface area contributed by atoms with E-state index in [0.717, 1.165) is 0 Å². The number of benzene rings is 2. The van der Waals surface area contributed by atoms with Crippen LogP contribution in [0.15, 0.2) is 54.6 Å². The molecule has 2 radical (unpaired) electrons. The van der Waals surface area contributed by atoms with Crippen LogP contribution >= 0.6 is 0 Å². The van der Waals surface area contributed by atoms with E-state index in [0.29, 0.717) is 5.75 Å². The lowest BCUT2D eigenvalue weighted by atomic mass is 10.3. The highest BCUT2D eigenvalue weighted by atomic mass is 28.2. The number of para-hydroxylation sites is 2. The molecule has 0 heterocycles. The Morgan fingerprint density at radius 3 is 2.11 bits per heavy atom. The Balaban J connectivity index is 2.23. The molecule has 0 fully saturated rings. The summed E-state index contributed by atoms with van der Waals surface area (Å²) in [6, 6.07) is 15.0. The van der Waals surface area contributed by atoms with Gasteiger partial charge < -0.3 is 4.74 Å². The minimum Gasteiger partial charge on any atom is -0.458 e. The van der Waals surface area contributed by atoms with Gasteiger partial charge in [0, 0.05) is 0 Å². The Labute approximate surface area is 105 Å². The summed E-state index contributed by atoms with van der Waals surface area (Å²) >= 11 is 0. The van der Waals surface area contributed by atoms with Crippen molar-refractivity contribution >= 4 is 14.7 Å². The SMILES string of the molecule is FC(F)(F)[Si]c1ccccc1Oc1ccccc1. The summed E-state index contributed by atoms with van der Waals surface area (Å²) in [4.78, 5) is 0. The molecule has 0 unspecified atom stereocenters. The summed E-state index contributed by atoms with van der Waals surface area (Å²) in [5, 5.41) is 0.161. The van der Waals surface area contributed by atoms with Gasteiger partial charge in [-0.1, -0.05) is 36.4 Å². The molecule has 0 saturated heterocycles. The highest BCUT2D eigenvalue weighted by molar-refractivity contribution is 6.56. The highest BCUT2D eigenvalue weighted by Crippen LogP contribution is 2.21. The number of hydrogen-bond donors (Lipinski definition) is 0. The first-order chi connectivity index (χ1) is 8.54. The maximum Gasteiger partial charge on any atom is 0.362 e. The van der Waals surface area contributed by atoms with Gasteiger partial charge >= 0.3 is 5.80 Å². The van der Waals surface area contributed by atoms with Crippen LogP contribution in [0, 0.1) is 0 Å². The van der Waals surface area contributed by atoms with Crippen LogP contribution in [0.1, 0.15) is 0 Å². The molecule has 0 aliphatic heterocycles. The van der Waals surface area contributed by atoms with E-state index in [1.165, 1.54) is 6.07 Å². The molecule has 18 heavy (non-hydrogen) atoms. The third-order valence-electron chi connectivity index (χ3n) is 2.13. The fourth-order valence-corrected chi connectivity index (χ4v) is 2.17. The van der Waals surface area contributed by atoms with E-state index in [4.69, 9.17) is 4.74 Å². The zero-order valence-corrected chi connectivity index (χ0v) is 10.2. The van der Waals surface area contributed by atoms with Crippen molar-refractivity contribution in [3.8, 4) is 11.5 Å². The van der Waals surface area contributed by atoms with Crippen LogP contribution in [0.5, 0.6) is 11.5 Å². The molecule has 0 aromatic heterocycles. The Bertz CT molecular complexity index is 511. The first kappa shape index (κ1) is 12.7. The zero-order chi connectivity index (χ0) is 13.0. The number of ether oxygens (including phenoxy) is 1. The lowest BCUT2D eigenvalue weighted by Crippen LogP contribution is -2.31. The van der Waals surface area contributed by atoms with Crippen molar-refractivity contribution < 1.29 is 17.9 Å². The maximum absolute atomic E-state index is 12.4. The summed E-state index contributed by atoms with van der Waals surface area (Å²) in [5.41, 5.74) is 0. The van der Waals surface area contributed by atoms with Gasteiger partial charge in [0.1, 0.15) is 11.5 Å². The molecule has 0 amide bonds. The lowest BCUT2D eigenvalue weighted by molar-refractivity contribution is -0.0455. The second kappa shape index (κ2) is 5.26. The van der Waals surface area contributed by atoms with Crippen LogP contribution in [0.4, 0.5) is 13.2 Å². The second-order valence-corrected chi connectivity index (χ2v) is 4.89. The van der Waals surface area contributed by atoms with Gasteiger partial charge in [-0.3, -0.25) is 0 Å². The largest absolute Gasteiger partial charge is 0.458 e. The first-order valence-corrected chi connectivity index (χ1v) is 6.21. The van der Waals surface area contributed by atoms with Crippen LogP contribution in [0.2, 0.25) is 0 Å². The van der Waals surface area contributed by atoms with Crippen molar-refractivity contribution in [2.24, 2.45) is 0 Å². The van der Waals surface area contributed by atoms with Gasteiger partial charge in [0.05, 0.1) is 0 Å². The molecule has 92 valence electrons. The van der Waals surface area contributed by atoms with Crippen molar-refractivity contribution in [1.82, 2.24) is 0 Å². The third-order valence-corrected chi connectivity index (χ3v) is 3.10. The summed E-state index contributed by atoms with van der Waals surface area (Å²) in [5.74, 6) is -3.44. The van der Waals surface area contributed by atoms with Gasteiger partial charge in [0.15, 0.2) is 0 Å². The van der Waals surface area contributed by atoms with Gasteiger partial charge in [-0.2, -0.15) is 13.2 Å². The number of rotatable bonds is 3. The highest BCUT2D eigenvalue weighted by Gasteiger charge is 2.30. The van der Waals surface area contributed by atoms with Crippen LogP contribution in [-0.2, 0) is 0 Å². The summed E-state index contributed by atoms with van der Waals surface area (Å²) < 4.78 is 42.7. The molecule has 0 N–H and O–H groups in total. The molecule has 0 atom stereocenters. The van der Waals surface area contributed by atoms with Gasteiger partial charge in [0.2, 0.25) is 9.52 Å². The molecule has 0 aliphatic rings. The van der Waals surface area contributed by atoms with Crippen LogP contribution in [0.3, 0.4) is 0 Å². The molecule has 0 spiro atoms. The Hall–Kier alpha value is -1.75. The molecule has 0 saturated carbocycles. The monoisotopic (exact) mass is 266 g/mol. The average molecular weight is 266 g/mol. The molecule has 5 heteroatoms. The second-order valence-electron chi connectivity index (χ2n) is 3.53. The van der Waals surface area contributed by atoms with Crippen LogP contribution in [0.25, 0.3) is 0 Å². The fraction of sp³-hybridized carbons (Fsp3) is 0.0769. The zero-order valence-electron chi connectivity index (χ0n) is 9.24. The maximum atomic E-state index is 12.4. The summed E-state index contributed by atoms with van der Waals surface area (Å²) in [7, 11) is -1.26. The molecule has 0 aliphatic carbocycles. The Morgan fingerprint density at radius 2 is 1.44 bits per heavy atom. The molecular formula is C13H9F3OSi. The number of alkyl halides is 3. The molecule has 1 nitrogen and oxygen atoms in total. The van der Waals surface area contributed by atoms with E-state index < -0.39 is 15.3 Å².